The maximum atomic E-state index is 11.3. The Kier molecular flexibility index (Phi) is 3.53. The number of nitriles is 1. The van der Waals surface area contributed by atoms with Crippen LogP contribution in [0.1, 0.15) is 15.9 Å². The van der Waals surface area contributed by atoms with Crippen LogP contribution in [-0.2, 0) is 0 Å². The summed E-state index contributed by atoms with van der Waals surface area (Å²) < 4.78 is 0. The maximum absolute atomic E-state index is 11.3. The molecule has 0 saturated heterocycles. The quantitative estimate of drug-likeness (QED) is 0.882. The van der Waals surface area contributed by atoms with Gasteiger partial charge in [0, 0.05) is 7.05 Å². The molecule has 1 aromatic heterocycles. The second-order valence-electron chi connectivity index (χ2n) is 4.13. The van der Waals surface area contributed by atoms with E-state index in [1.54, 1.807) is 36.2 Å². The minimum absolute atomic E-state index is 0.0137. The smallest absolute Gasteiger partial charge is 0.339 e. The van der Waals surface area contributed by atoms with E-state index in [1.807, 2.05) is 0 Å². The molecule has 0 saturated carbocycles. The molecule has 100 valence electrons. The highest BCUT2D eigenvalue weighted by Gasteiger charge is 2.18. The molecule has 0 aliphatic rings. The van der Waals surface area contributed by atoms with Crippen molar-refractivity contribution in [3.8, 4) is 6.07 Å². The van der Waals surface area contributed by atoms with Crippen molar-refractivity contribution in [3.05, 3.63) is 47.7 Å². The average molecular weight is 268 g/mol. The highest BCUT2D eigenvalue weighted by atomic mass is 16.4. The van der Waals surface area contributed by atoms with E-state index >= 15 is 0 Å². The number of carboxylic acid groups (broad SMARTS) is 1. The fourth-order valence-corrected chi connectivity index (χ4v) is 1.87. The number of aromatic nitrogens is 1. The molecule has 0 spiro atoms. The third-order valence-electron chi connectivity index (χ3n) is 2.82. The molecule has 0 unspecified atom stereocenters. The van der Waals surface area contributed by atoms with Crippen molar-refractivity contribution in [2.75, 3.05) is 17.7 Å². The lowest BCUT2D eigenvalue weighted by Crippen LogP contribution is -2.17. The second-order valence-corrected chi connectivity index (χ2v) is 4.13. The number of carbonyl (C=O) groups is 1. The zero-order chi connectivity index (χ0) is 14.7. The molecule has 1 heterocycles. The molecule has 20 heavy (non-hydrogen) atoms. The van der Waals surface area contributed by atoms with Crippen molar-refractivity contribution >= 4 is 23.2 Å². The van der Waals surface area contributed by atoms with Crippen molar-refractivity contribution in [3.63, 3.8) is 0 Å². The summed E-state index contributed by atoms with van der Waals surface area (Å²) in [4.78, 5) is 16.9. The topological polar surface area (TPSA) is 103 Å². The van der Waals surface area contributed by atoms with Gasteiger partial charge in [-0.05, 0) is 18.2 Å². The SMILES string of the molecule is CN(c1ccccc1C#N)c1ncc(N)cc1C(=O)O. The Morgan fingerprint density at radius 3 is 2.80 bits per heavy atom. The van der Waals surface area contributed by atoms with Crippen LogP contribution < -0.4 is 10.6 Å². The van der Waals surface area contributed by atoms with Crippen LogP contribution in [0.15, 0.2) is 36.5 Å². The molecule has 0 radical (unpaired) electrons. The molecule has 2 aromatic rings. The van der Waals surface area contributed by atoms with E-state index in [2.05, 4.69) is 11.1 Å². The van der Waals surface area contributed by atoms with E-state index in [0.29, 0.717) is 11.3 Å². The van der Waals surface area contributed by atoms with E-state index < -0.39 is 5.97 Å². The van der Waals surface area contributed by atoms with Crippen LogP contribution in [0.5, 0.6) is 0 Å². The van der Waals surface area contributed by atoms with Crippen molar-refractivity contribution in [1.29, 1.82) is 5.26 Å². The first-order valence-electron chi connectivity index (χ1n) is 5.76. The monoisotopic (exact) mass is 268 g/mol. The molecule has 0 amide bonds. The zero-order valence-electron chi connectivity index (χ0n) is 10.7. The number of carboxylic acids is 1. The average Bonchev–Trinajstić information content (AvgIpc) is 2.46. The Hall–Kier alpha value is -3.07. The predicted octanol–water partition coefficient (Wildman–Crippen LogP) is 2.00. The van der Waals surface area contributed by atoms with Crippen molar-refractivity contribution in [1.82, 2.24) is 4.98 Å². The van der Waals surface area contributed by atoms with E-state index in [1.165, 1.54) is 12.3 Å². The van der Waals surface area contributed by atoms with Crippen LogP contribution in [0, 0.1) is 11.3 Å². The summed E-state index contributed by atoms with van der Waals surface area (Å²) in [7, 11) is 1.65. The number of anilines is 3. The first-order chi connectivity index (χ1) is 9.54. The Morgan fingerprint density at radius 1 is 1.45 bits per heavy atom. The molecular formula is C14H12N4O2. The molecule has 0 aliphatic carbocycles. The molecule has 0 fully saturated rings. The van der Waals surface area contributed by atoms with Gasteiger partial charge in [0.1, 0.15) is 17.5 Å². The lowest BCUT2D eigenvalue weighted by atomic mass is 10.1. The van der Waals surface area contributed by atoms with Gasteiger partial charge in [0.2, 0.25) is 0 Å². The fraction of sp³-hybridized carbons (Fsp3) is 0.0714. The largest absolute Gasteiger partial charge is 0.478 e. The maximum Gasteiger partial charge on any atom is 0.339 e. The molecule has 3 N–H and O–H groups in total. The van der Waals surface area contributed by atoms with Crippen molar-refractivity contribution in [2.24, 2.45) is 0 Å². The van der Waals surface area contributed by atoms with Crippen LogP contribution in [-0.4, -0.2) is 23.1 Å². The zero-order valence-corrected chi connectivity index (χ0v) is 10.7. The number of rotatable bonds is 3. The first-order valence-corrected chi connectivity index (χ1v) is 5.76. The van der Waals surface area contributed by atoms with Crippen LogP contribution in [0.2, 0.25) is 0 Å². The van der Waals surface area contributed by atoms with Gasteiger partial charge >= 0.3 is 5.97 Å². The normalized spacial score (nSPS) is 9.80. The van der Waals surface area contributed by atoms with Gasteiger partial charge in [0.05, 0.1) is 23.1 Å². The Labute approximate surface area is 115 Å². The van der Waals surface area contributed by atoms with Gasteiger partial charge in [-0.25, -0.2) is 9.78 Å². The molecular weight excluding hydrogens is 256 g/mol. The van der Waals surface area contributed by atoms with Gasteiger partial charge in [-0.2, -0.15) is 5.26 Å². The van der Waals surface area contributed by atoms with E-state index in [0.717, 1.165) is 0 Å². The predicted molar refractivity (Wildman–Crippen MR) is 74.8 cm³/mol. The van der Waals surface area contributed by atoms with Crippen LogP contribution in [0.3, 0.4) is 0 Å². The highest BCUT2D eigenvalue weighted by molar-refractivity contribution is 5.95. The minimum Gasteiger partial charge on any atom is -0.478 e. The van der Waals surface area contributed by atoms with Crippen molar-refractivity contribution < 1.29 is 9.90 Å². The summed E-state index contributed by atoms with van der Waals surface area (Å²) >= 11 is 0. The summed E-state index contributed by atoms with van der Waals surface area (Å²) in [6.07, 6.45) is 1.38. The standard InChI is InChI=1S/C14H12N4O2/c1-18(12-5-3-2-4-9(12)7-15)13-11(14(19)20)6-10(16)8-17-13/h2-6,8H,16H2,1H3,(H,19,20). The first kappa shape index (κ1) is 13.4. The van der Waals surface area contributed by atoms with Gasteiger partial charge in [-0.1, -0.05) is 12.1 Å². The molecule has 0 aliphatic heterocycles. The molecule has 6 nitrogen and oxygen atoms in total. The molecule has 6 heteroatoms. The number of hydrogen-bond acceptors (Lipinski definition) is 5. The number of pyridine rings is 1. The highest BCUT2D eigenvalue weighted by Crippen LogP contribution is 2.28. The van der Waals surface area contributed by atoms with Gasteiger partial charge in [-0.15, -0.1) is 0 Å². The van der Waals surface area contributed by atoms with Gasteiger partial charge in [-0.3, -0.25) is 0 Å². The number of benzene rings is 1. The van der Waals surface area contributed by atoms with E-state index in [4.69, 9.17) is 11.0 Å². The van der Waals surface area contributed by atoms with Gasteiger partial charge in [0.15, 0.2) is 0 Å². The Bertz CT molecular complexity index is 707. The number of aromatic carboxylic acids is 1. The summed E-state index contributed by atoms with van der Waals surface area (Å²) in [5.41, 5.74) is 6.83. The fourth-order valence-electron chi connectivity index (χ4n) is 1.87. The lowest BCUT2D eigenvalue weighted by molar-refractivity contribution is 0.0697. The Morgan fingerprint density at radius 2 is 2.15 bits per heavy atom. The van der Waals surface area contributed by atoms with Crippen LogP contribution in [0.4, 0.5) is 17.2 Å². The molecule has 0 bridgehead atoms. The summed E-state index contributed by atoms with van der Waals surface area (Å²) in [5, 5.41) is 18.3. The molecule has 1 aromatic carbocycles. The molecule has 0 atom stereocenters. The lowest BCUT2D eigenvalue weighted by Gasteiger charge is -2.21. The molecule has 2 rings (SSSR count). The van der Waals surface area contributed by atoms with Crippen LogP contribution in [0.25, 0.3) is 0 Å². The van der Waals surface area contributed by atoms with Gasteiger partial charge < -0.3 is 15.7 Å². The number of nitrogen functional groups attached to an aromatic ring is 1. The summed E-state index contributed by atoms with van der Waals surface area (Å²) in [6.45, 7) is 0. The second kappa shape index (κ2) is 5.28. The van der Waals surface area contributed by atoms with Crippen molar-refractivity contribution in [2.45, 2.75) is 0 Å². The third-order valence-corrected chi connectivity index (χ3v) is 2.82. The summed E-state index contributed by atoms with van der Waals surface area (Å²) in [5.74, 6) is -0.893. The third kappa shape index (κ3) is 2.37. The number of nitrogens with zero attached hydrogens (tertiary/aromatic N) is 3. The van der Waals surface area contributed by atoms with Gasteiger partial charge in [0.25, 0.3) is 0 Å². The van der Waals surface area contributed by atoms with E-state index in [-0.39, 0.29) is 17.1 Å². The van der Waals surface area contributed by atoms with Crippen LogP contribution >= 0.6 is 0 Å². The Balaban J connectivity index is 2.57. The number of para-hydroxylation sites is 1. The number of hydrogen-bond donors (Lipinski definition) is 2. The summed E-state index contributed by atoms with van der Waals surface area (Å²) in [6, 6.07) is 10.3. The van der Waals surface area contributed by atoms with E-state index in [9.17, 15) is 9.90 Å². The minimum atomic E-state index is -1.12. The number of nitrogens with two attached hydrogens (primary N) is 1.